The Labute approximate surface area is 70.6 Å². The Morgan fingerprint density at radius 2 is 2.08 bits per heavy atom. The molecule has 0 bridgehead atoms. The molecule has 64 valence electrons. The number of nitriles is 1. The Bertz CT molecular complexity index is 334. The van der Waals surface area contributed by atoms with Crippen molar-refractivity contribution in [1.29, 1.82) is 5.26 Å². The highest BCUT2D eigenvalue weighted by Gasteiger charge is 2.35. The molecule has 1 aromatic rings. The molecule has 1 N–H and O–H groups in total. The molecule has 0 unspecified atom stereocenters. The fraction of sp³-hybridized carbons (Fsp3) is 0.167. The largest absolute Gasteiger partial charge is 0.432 e. The van der Waals surface area contributed by atoms with Gasteiger partial charge in [0, 0.05) is 6.20 Å². The van der Waals surface area contributed by atoms with Crippen LogP contribution in [-0.2, 0) is 6.18 Å². The van der Waals surface area contributed by atoms with E-state index in [0.29, 0.717) is 0 Å². The summed E-state index contributed by atoms with van der Waals surface area (Å²) in [6, 6.07) is 1.52. The Hall–Kier alpha value is -1.15. The van der Waals surface area contributed by atoms with Crippen LogP contribution in [-0.4, -0.2) is 4.98 Å². The van der Waals surface area contributed by atoms with Crippen LogP contribution in [0.3, 0.4) is 0 Å². The van der Waals surface area contributed by atoms with E-state index >= 15 is 0 Å². The lowest BCUT2D eigenvalue weighted by atomic mass is 10.3. The highest BCUT2D eigenvalue weighted by Crippen LogP contribution is 2.34. The zero-order valence-corrected chi connectivity index (χ0v) is 6.29. The van der Waals surface area contributed by atoms with Gasteiger partial charge in [0.2, 0.25) is 0 Å². The van der Waals surface area contributed by atoms with Crippen molar-refractivity contribution in [2.75, 3.05) is 0 Å². The molecule has 0 aliphatic carbocycles. The highest BCUT2D eigenvalue weighted by atomic mass is 35.5. The topological polar surface area (TPSA) is 39.6 Å². The van der Waals surface area contributed by atoms with Gasteiger partial charge < -0.3 is 4.98 Å². The molecule has 0 radical (unpaired) electrons. The molecule has 0 saturated heterocycles. The van der Waals surface area contributed by atoms with Gasteiger partial charge in [-0.15, -0.1) is 0 Å². The number of nitrogens with one attached hydrogen (secondary N) is 1. The predicted octanol–water partition coefficient (Wildman–Crippen LogP) is 2.56. The summed E-state index contributed by atoms with van der Waals surface area (Å²) in [5.74, 6) is 0. The summed E-state index contributed by atoms with van der Waals surface area (Å²) >= 11 is 5.24. The van der Waals surface area contributed by atoms with E-state index in [-0.39, 0.29) is 5.56 Å². The van der Waals surface area contributed by atoms with Crippen molar-refractivity contribution in [1.82, 2.24) is 4.98 Å². The summed E-state index contributed by atoms with van der Waals surface area (Å²) in [7, 11) is 0. The number of nitrogens with zero attached hydrogens (tertiary/aromatic N) is 1. The van der Waals surface area contributed by atoms with Crippen LogP contribution in [0.2, 0.25) is 5.02 Å². The number of halogens is 4. The first-order valence-corrected chi connectivity index (χ1v) is 3.18. The number of alkyl halides is 3. The van der Waals surface area contributed by atoms with Gasteiger partial charge in [0.25, 0.3) is 0 Å². The van der Waals surface area contributed by atoms with Crippen LogP contribution in [0.15, 0.2) is 6.20 Å². The summed E-state index contributed by atoms with van der Waals surface area (Å²) in [6.45, 7) is 0. The van der Waals surface area contributed by atoms with E-state index in [2.05, 4.69) is 0 Å². The molecule has 0 aliphatic heterocycles. The van der Waals surface area contributed by atoms with Crippen LogP contribution < -0.4 is 0 Å². The molecule has 1 heterocycles. The van der Waals surface area contributed by atoms with Crippen molar-refractivity contribution in [2.45, 2.75) is 6.18 Å². The van der Waals surface area contributed by atoms with E-state index in [1.807, 2.05) is 4.98 Å². The third-order valence-electron chi connectivity index (χ3n) is 1.22. The second-order valence-electron chi connectivity index (χ2n) is 2.00. The standard InChI is InChI=1S/C6H2ClF3N2/c7-4-3(1-11)2-12-5(4)6(8,9)10/h2,12H. The van der Waals surface area contributed by atoms with E-state index in [1.54, 1.807) is 0 Å². The number of aromatic amines is 1. The van der Waals surface area contributed by atoms with Gasteiger partial charge >= 0.3 is 6.18 Å². The van der Waals surface area contributed by atoms with Crippen LogP contribution in [0, 0.1) is 11.3 Å². The molecule has 1 rings (SSSR count). The molecule has 0 spiro atoms. The Kier molecular flexibility index (Phi) is 2.02. The molecule has 1 aromatic heterocycles. The lowest BCUT2D eigenvalue weighted by Gasteiger charge is -2.02. The van der Waals surface area contributed by atoms with Gasteiger partial charge in [0.1, 0.15) is 11.8 Å². The summed E-state index contributed by atoms with van der Waals surface area (Å²) in [5, 5.41) is 7.70. The van der Waals surface area contributed by atoms with Crippen molar-refractivity contribution >= 4 is 11.6 Å². The van der Waals surface area contributed by atoms with E-state index in [9.17, 15) is 13.2 Å². The Balaban J connectivity index is 3.22. The van der Waals surface area contributed by atoms with Gasteiger partial charge in [-0.25, -0.2) is 0 Å². The minimum atomic E-state index is -4.54. The second kappa shape index (κ2) is 2.72. The van der Waals surface area contributed by atoms with Gasteiger partial charge in [0.05, 0.1) is 10.6 Å². The van der Waals surface area contributed by atoms with Crippen LogP contribution in [0.4, 0.5) is 13.2 Å². The maximum atomic E-state index is 12.0. The Morgan fingerprint density at radius 3 is 2.33 bits per heavy atom. The van der Waals surface area contributed by atoms with Gasteiger partial charge in [-0.3, -0.25) is 0 Å². The van der Waals surface area contributed by atoms with Crippen molar-refractivity contribution in [3.05, 3.63) is 22.5 Å². The summed E-state index contributed by atoms with van der Waals surface area (Å²) in [6.07, 6.45) is -3.61. The second-order valence-corrected chi connectivity index (χ2v) is 2.38. The third kappa shape index (κ3) is 1.38. The summed E-state index contributed by atoms with van der Waals surface area (Å²) in [5.41, 5.74) is -1.29. The fourth-order valence-corrected chi connectivity index (χ4v) is 0.952. The monoisotopic (exact) mass is 194 g/mol. The van der Waals surface area contributed by atoms with Crippen LogP contribution in [0.25, 0.3) is 0 Å². The third-order valence-corrected chi connectivity index (χ3v) is 1.61. The van der Waals surface area contributed by atoms with E-state index in [0.717, 1.165) is 6.20 Å². The van der Waals surface area contributed by atoms with Gasteiger partial charge in [0.15, 0.2) is 0 Å². The van der Waals surface area contributed by atoms with Gasteiger partial charge in [-0.05, 0) is 0 Å². The van der Waals surface area contributed by atoms with Crippen molar-refractivity contribution < 1.29 is 13.2 Å². The molecule has 0 saturated carbocycles. The fourth-order valence-electron chi connectivity index (χ4n) is 0.693. The zero-order valence-electron chi connectivity index (χ0n) is 5.54. The molecule has 6 heteroatoms. The van der Waals surface area contributed by atoms with E-state index in [4.69, 9.17) is 16.9 Å². The summed E-state index contributed by atoms with van der Waals surface area (Å²) in [4.78, 5) is 1.89. The lowest BCUT2D eigenvalue weighted by Crippen LogP contribution is -2.05. The maximum Gasteiger partial charge on any atom is 0.432 e. The first-order valence-electron chi connectivity index (χ1n) is 2.81. The SMILES string of the molecule is N#Cc1c[nH]c(C(F)(F)F)c1Cl. The molecular weight excluding hydrogens is 193 g/mol. The minimum Gasteiger partial charge on any atom is -0.355 e. The first-order chi connectivity index (χ1) is 5.46. The minimum absolute atomic E-state index is 0.205. The van der Waals surface area contributed by atoms with Crippen LogP contribution >= 0.6 is 11.6 Å². The van der Waals surface area contributed by atoms with E-state index in [1.165, 1.54) is 6.07 Å². The number of H-pyrrole nitrogens is 1. The molecule has 0 amide bonds. The first kappa shape index (κ1) is 8.94. The Morgan fingerprint density at radius 1 is 1.50 bits per heavy atom. The average Bonchev–Trinajstić information content (AvgIpc) is 2.29. The lowest BCUT2D eigenvalue weighted by molar-refractivity contribution is -0.140. The van der Waals surface area contributed by atoms with Crippen molar-refractivity contribution in [2.24, 2.45) is 0 Å². The normalized spacial score (nSPS) is 11.2. The molecule has 12 heavy (non-hydrogen) atoms. The molecular formula is C6H2ClF3N2. The summed E-state index contributed by atoms with van der Waals surface area (Å²) < 4.78 is 35.9. The zero-order chi connectivity index (χ0) is 9.35. The van der Waals surface area contributed by atoms with Crippen LogP contribution in [0.5, 0.6) is 0 Å². The molecule has 0 fully saturated rings. The van der Waals surface area contributed by atoms with Crippen molar-refractivity contribution in [3.63, 3.8) is 0 Å². The number of rotatable bonds is 0. The number of hydrogen-bond acceptors (Lipinski definition) is 1. The highest BCUT2D eigenvalue weighted by molar-refractivity contribution is 6.32. The van der Waals surface area contributed by atoms with Crippen LogP contribution in [0.1, 0.15) is 11.3 Å². The van der Waals surface area contributed by atoms with Gasteiger partial charge in [-0.2, -0.15) is 18.4 Å². The molecule has 0 aromatic carbocycles. The number of hydrogen-bond donors (Lipinski definition) is 1. The quantitative estimate of drug-likeness (QED) is 0.677. The van der Waals surface area contributed by atoms with E-state index < -0.39 is 16.9 Å². The molecule has 0 aliphatic rings. The maximum absolute atomic E-state index is 12.0. The molecule has 0 atom stereocenters. The number of aromatic nitrogens is 1. The molecule has 2 nitrogen and oxygen atoms in total. The predicted molar refractivity (Wildman–Crippen MR) is 35.5 cm³/mol. The van der Waals surface area contributed by atoms with Crippen molar-refractivity contribution in [3.8, 4) is 6.07 Å². The average molecular weight is 195 g/mol. The smallest absolute Gasteiger partial charge is 0.355 e. The van der Waals surface area contributed by atoms with Gasteiger partial charge in [-0.1, -0.05) is 11.6 Å².